The summed E-state index contributed by atoms with van der Waals surface area (Å²) >= 11 is 5.96. The Hall–Kier alpha value is -2.32. The van der Waals surface area contributed by atoms with Gasteiger partial charge in [-0.25, -0.2) is 9.48 Å². The summed E-state index contributed by atoms with van der Waals surface area (Å²) in [5.41, 5.74) is 1.75. The van der Waals surface area contributed by atoms with Crippen molar-refractivity contribution < 1.29 is 9.90 Å². The second-order valence-corrected chi connectivity index (χ2v) is 4.42. The molecule has 2 rings (SSSR count). The highest BCUT2D eigenvalue weighted by Crippen LogP contribution is 2.25. The number of aromatic carboxylic acids is 1. The molecule has 0 amide bonds. The number of carboxylic acids is 1. The van der Waals surface area contributed by atoms with E-state index in [0.29, 0.717) is 22.1 Å². The summed E-state index contributed by atoms with van der Waals surface area (Å²) in [5, 5.41) is 22.8. The fourth-order valence-electron chi connectivity index (χ4n) is 1.99. The third kappa shape index (κ3) is 2.07. The summed E-state index contributed by atoms with van der Waals surface area (Å²) in [6.07, 6.45) is 0. The fraction of sp³-hybridized carbons (Fsp3) is 0.154. The first kappa shape index (κ1) is 13.1. The fourth-order valence-corrected chi connectivity index (χ4v) is 2.20. The third-order valence-corrected chi connectivity index (χ3v) is 3.15. The summed E-state index contributed by atoms with van der Waals surface area (Å²) in [4.78, 5) is 11.2. The molecule has 0 atom stereocenters. The zero-order chi connectivity index (χ0) is 14.2. The highest BCUT2D eigenvalue weighted by molar-refractivity contribution is 6.32. The van der Waals surface area contributed by atoms with Gasteiger partial charge in [0.1, 0.15) is 11.6 Å². The van der Waals surface area contributed by atoms with Crippen molar-refractivity contribution >= 4 is 17.6 Å². The molecule has 2 aromatic rings. The predicted octanol–water partition coefficient (Wildman–Crippen LogP) is 2.71. The zero-order valence-electron chi connectivity index (χ0n) is 10.3. The molecule has 6 heteroatoms. The van der Waals surface area contributed by atoms with Gasteiger partial charge in [0.25, 0.3) is 0 Å². The summed E-state index contributed by atoms with van der Waals surface area (Å²) in [5.74, 6) is -1.04. The van der Waals surface area contributed by atoms with Crippen molar-refractivity contribution in [1.29, 1.82) is 5.26 Å². The van der Waals surface area contributed by atoms with Crippen molar-refractivity contribution in [1.82, 2.24) is 9.78 Å². The maximum Gasteiger partial charge on any atom is 0.339 e. The monoisotopic (exact) mass is 275 g/mol. The highest BCUT2D eigenvalue weighted by Gasteiger charge is 2.20. The van der Waals surface area contributed by atoms with Gasteiger partial charge < -0.3 is 5.11 Å². The van der Waals surface area contributed by atoms with Gasteiger partial charge in [-0.2, -0.15) is 10.4 Å². The normalized spacial score (nSPS) is 10.2. The molecule has 0 fully saturated rings. The Kier molecular flexibility index (Phi) is 3.28. The van der Waals surface area contributed by atoms with Crippen LogP contribution in [0.4, 0.5) is 0 Å². The van der Waals surface area contributed by atoms with Gasteiger partial charge in [0.2, 0.25) is 0 Å². The van der Waals surface area contributed by atoms with E-state index in [1.807, 2.05) is 6.07 Å². The summed E-state index contributed by atoms with van der Waals surface area (Å²) in [7, 11) is 0. The van der Waals surface area contributed by atoms with E-state index in [1.165, 1.54) is 4.68 Å². The SMILES string of the molecule is Cc1nn(-c2cccc(Cl)c2C#N)c(C)c1C(=O)O. The molecule has 0 aliphatic heterocycles. The average Bonchev–Trinajstić information content (AvgIpc) is 2.64. The van der Waals surface area contributed by atoms with E-state index < -0.39 is 5.97 Å². The van der Waals surface area contributed by atoms with E-state index in [9.17, 15) is 4.79 Å². The van der Waals surface area contributed by atoms with Gasteiger partial charge >= 0.3 is 5.97 Å². The molecule has 0 saturated carbocycles. The maximum absolute atomic E-state index is 11.2. The molecule has 1 N–H and O–H groups in total. The van der Waals surface area contributed by atoms with Crippen LogP contribution in [-0.2, 0) is 0 Å². The van der Waals surface area contributed by atoms with Crippen LogP contribution in [-0.4, -0.2) is 20.9 Å². The smallest absolute Gasteiger partial charge is 0.339 e. The van der Waals surface area contributed by atoms with Crippen molar-refractivity contribution in [3.05, 3.63) is 45.7 Å². The van der Waals surface area contributed by atoms with Gasteiger partial charge in [-0.15, -0.1) is 0 Å². The second kappa shape index (κ2) is 4.75. The lowest BCUT2D eigenvalue weighted by atomic mass is 10.1. The molecule has 0 bridgehead atoms. The Morgan fingerprint density at radius 1 is 1.47 bits per heavy atom. The first-order valence-electron chi connectivity index (χ1n) is 5.46. The van der Waals surface area contributed by atoms with Crippen LogP contribution in [0.2, 0.25) is 5.02 Å². The first-order chi connectivity index (χ1) is 8.97. The Morgan fingerprint density at radius 2 is 2.16 bits per heavy atom. The van der Waals surface area contributed by atoms with Gasteiger partial charge in [-0.1, -0.05) is 17.7 Å². The van der Waals surface area contributed by atoms with Gasteiger partial charge in [0, 0.05) is 0 Å². The van der Waals surface area contributed by atoms with Crippen molar-refractivity contribution in [3.63, 3.8) is 0 Å². The van der Waals surface area contributed by atoms with E-state index in [-0.39, 0.29) is 11.1 Å². The molecule has 1 aromatic carbocycles. The molecule has 0 spiro atoms. The van der Waals surface area contributed by atoms with E-state index in [1.54, 1.807) is 32.0 Å². The molecule has 5 nitrogen and oxygen atoms in total. The number of benzene rings is 1. The number of hydrogen-bond donors (Lipinski definition) is 1. The van der Waals surface area contributed by atoms with E-state index in [4.69, 9.17) is 22.0 Å². The summed E-state index contributed by atoms with van der Waals surface area (Å²) in [6.45, 7) is 3.26. The lowest BCUT2D eigenvalue weighted by Gasteiger charge is -2.07. The number of carboxylic acid groups (broad SMARTS) is 1. The lowest BCUT2D eigenvalue weighted by Crippen LogP contribution is -2.04. The minimum atomic E-state index is -1.04. The van der Waals surface area contributed by atoms with Crippen molar-refractivity contribution in [2.45, 2.75) is 13.8 Å². The van der Waals surface area contributed by atoms with Crippen molar-refractivity contribution in [2.75, 3.05) is 0 Å². The topological polar surface area (TPSA) is 78.9 Å². The van der Waals surface area contributed by atoms with Crippen LogP contribution in [0.5, 0.6) is 0 Å². The molecular weight excluding hydrogens is 266 g/mol. The number of nitrogens with zero attached hydrogens (tertiary/aromatic N) is 3. The number of carbonyl (C=O) groups is 1. The lowest BCUT2D eigenvalue weighted by molar-refractivity contribution is 0.0695. The van der Waals surface area contributed by atoms with Crippen LogP contribution in [0, 0.1) is 25.2 Å². The predicted molar refractivity (Wildman–Crippen MR) is 69.7 cm³/mol. The number of aromatic nitrogens is 2. The maximum atomic E-state index is 11.2. The van der Waals surface area contributed by atoms with Crippen LogP contribution in [0.3, 0.4) is 0 Å². The minimum Gasteiger partial charge on any atom is -0.478 e. The Bertz CT molecular complexity index is 713. The summed E-state index contributed by atoms with van der Waals surface area (Å²) in [6, 6.07) is 6.98. The van der Waals surface area contributed by atoms with Crippen LogP contribution in [0.15, 0.2) is 18.2 Å². The van der Waals surface area contributed by atoms with Gasteiger partial charge in [0.15, 0.2) is 0 Å². The first-order valence-corrected chi connectivity index (χ1v) is 5.83. The highest BCUT2D eigenvalue weighted by atomic mass is 35.5. The number of nitriles is 1. The molecular formula is C13H10ClN3O2. The molecule has 0 unspecified atom stereocenters. The summed E-state index contributed by atoms with van der Waals surface area (Å²) < 4.78 is 1.43. The zero-order valence-corrected chi connectivity index (χ0v) is 11.1. The third-order valence-electron chi connectivity index (χ3n) is 2.84. The molecule has 0 aliphatic rings. The second-order valence-electron chi connectivity index (χ2n) is 4.01. The van der Waals surface area contributed by atoms with E-state index in [2.05, 4.69) is 5.10 Å². The molecule has 0 radical (unpaired) electrons. The number of rotatable bonds is 2. The van der Waals surface area contributed by atoms with Crippen molar-refractivity contribution in [3.8, 4) is 11.8 Å². The van der Waals surface area contributed by atoms with Crippen LogP contribution < -0.4 is 0 Å². The quantitative estimate of drug-likeness (QED) is 0.914. The van der Waals surface area contributed by atoms with Crippen LogP contribution in [0.1, 0.15) is 27.3 Å². The molecule has 0 saturated heterocycles. The molecule has 96 valence electrons. The van der Waals surface area contributed by atoms with Gasteiger partial charge in [0.05, 0.1) is 27.7 Å². The Labute approximate surface area is 114 Å². The van der Waals surface area contributed by atoms with Gasteiger partial charge in [-0.05, 0) is 26.0 Å². The van der Waals surface area contributed by atoms with Crippen molar-refractivity contribution in [2.24, 2.45) is 0 Å². The van der Waals surface area contributed by atoms with Crippen LogP contribution >= 0.6 is 11.6 Å². The van der Waals surface area contributed by atoms with Crippen LogP contribution in [0.25, 0.3) is 5.69 Å². The Balaban J connectivity index is 2.75. The number of halogens is 1. The Morgan fingerprint density at radius 3 is 2.68 bits per heavy atom. The van der Waals surface area contributed by atoms with E-state index in [0.717, 1.165) is 0 Å². The largest absolute Gasteiger partial charge is 0.478 e. The average molecular weight is 276 g/mol. The van der Waals surface area contributed by atoms with E-state index >= 15 is 0 Å². The molecule has 1 heterocycles. The molecule has 19 heavy (non-hydrogen) atoms. The van der Waals surface area contributed by atoms with Gasteiger partial charge in [-0.3, -0.25) is 0 Å². The number of aryl methyl sites for hydroxylation is 1. The molecule has 1 aromatic heterocycles. The molecule has 0 aliphatic carbocycles. The minimum absolute atomic E-state index is 0.142. The number of hydrogen-bond acceptors (Lipinski definition) is 3. The standard InChI is InChI=1S/C13H10ClN3O2/c1-7-12(13(18)19)8(2)17(16-7)11-5-3-4-10(14)9(11)6-15/h3-5H,1-2H3,(H,18,19).